The van der Waals surface area contributed by atoms with Crippen molar-refractivity contribution >= 4 is 148 Å². The van der Waals surface area contributed by atoms with Crippen LogP contribution in [0.3, 0.4) is 0 Å². The van der Waals surface area contributed by atoms with Crippen LogP contribution in [0.2, 0.25) is 0 Å². The molecule has 0 bridgehead atoms. The largest absolute Gasteiger partial charge is 0.370 e. The molecular weight excluding hydrogens is 1330 g/mol. The van der Waals surface area contributed by atoms with E-state index in [0.717, 1.165) is 75.8 Å². The maximum atomic E-state index is 14.2. The Morgan fingerprint density at radius 3 is 1.02 bits per heavy atom. The molecule has 104 heavy (non-hydrogen) atoms. The van der Waals surface area contributed by atoms with Gasteiger partial charge >= 0.3 is 0 Å². The Balaban J connectivity index is 0.814. The van der Waals surface area contributed by atoms with E-state index in [9.17, 15) is 47.9 Å². The van der Waals surface area contributed by atoms with Crippen molar-refractivity contribution in [1.29, 1.82) is 21.6 Å². The van der Waals surface area contributed by atoms with Crippen LogP contribution in [0.15, 0.2) is 109 Å². The second kappa shape index (κ2) is 37.9. The molecule has 0 saturated carbocycles. The van der Waals surface area contributed by atoms with Crippen LogP contribution in [-0.4, -0.2) is 165 Å². The molecule has 5 atom stereocenters. The fraction of sp³-hybridized carbons (Fsp3) is 0.361. The number of guanidine groups is 4. The summed E-state index contributed by atoms with van der Waals surface area (Å²) in [4.78, 5) is 136. The predicted molar refractivity (Wildman–Crippen MR) is 399 cm³/mol. The van der Waals surface area contributed by atoms with Gasteiger partial charge in [-0.1, -0.05) is 109 Å². The average Bonchev–Trinajstić information content (AvgIpc) is 0.749. The molecule has 8 aromatic rings. The molecule has 27 N–H and O–H groups in total. The van der Waals surface area contributed by atoms with E-state index in [0.29, 0.717) is 12.8 Å². The van der Waals surface area contributed by atoms with Crippen LogP contribution in [0.25, 0.3) is 64.6 Å². The molecule has 0 heterocycles. The SMILES string of the molecule is N=C(N)NCCC[C@H](NC(=O)Cc1ccc2ccc3cccc4ccc1c2c34)C(=O)N[C@@H](CCCNC(=N)N)C(=O)NCC(=O)NCC(=O)NCC(=O)N[C@@H](CCCNC(=N)N)C(=O)N[C@@H](CCCNC(=N)N)C(=O)N[C@@H](CCCCNC(=O)Cc1ccc2ccc3cccc4ccc1c2c34)C(N)=O. The van der Waals surface area contributed by atoms with E-state index in [1.807, 2.05) is 78.9 Å². The van der Waals surface area contributed by atoms with E-state index in [4.69, 9.17) is 50.3 Å². The Bertz CT molecular complexity index is 4440. The number of hydrogen-bond donors (Lipinski definition) is 22. The highest BCUT2D eigenvalue weighted by Crippen LogP contribution is 2.38. The van der Waals surface area contributed by atoms with E-state index in [1.54, 1.807) is 0 Å². The minimum absolute atomic E-state index is 0.0248. The van der Waals surface area contributed by atoms with Gasteiger partial charge in [-0.3, -0.25) is 69.6 Å². The quantitative estimate of drug-likeness (QED) is 0.0103. The van der Waals surface area contributed by atoms with Gasteiger partial charge in [-0.25, -0.2) is 0 Å². The van der Waals surface area contributed by atoms with Crippen molar-refractivity contribution in [1.82, 2.24) is 69.1 Å². The number of rotatable bonds is 41. The Hall–Kier alpha value is -12.4. The Labute approximate surface area is 598 Å². The average molecular weight is 1430 g/mol. The predicted octanol–water partition coefficient (Wildman–Crippen LogP) is -0.136. The zero-order chi connectivity index (χ0) is 74.8. The monoisotopic (exact) mass is 1420 g/mol. The molecule has 0 saturated heterocycles. The first kappa shape index (κ1) is 77.4. The van der Waals surface area contributed by atoms with Crippen molar-refractivity contribution in [3.8, 4) is 0 Å². The maximum Gasteiger partial charge on any atom is 0.243 e. The second-order valence-corrected chi connectivity index (χ2v) is 25.4. The molecule has 0 aliphatic rings. The number of carbonyl (C=O) groups excluding carboxylic acids is 10. The summed E-state index contributed by atoms with van der Waals surface area (Å²) in [6, 6.07) is 29.9. The first-order valence-electron chi connectivity index (χ1n) is 34.4. The highest BCUT2D eigenvalue weighted by Gasteiger charge is 2.31. The molecule has 8 rings (SSSR count). The van der Waals surface area contributed by atoms with Crippen molar-refractivity contribution in [3.05, 3.63) is 120 Å². The van der Waals surface area contributed by atoms with Gasteiger partial charge in [0.1, 0.15) is 30.2 Å². The zero-order valence-corrected chi connectivity index (χ0v) is 57.6. The van der Waals surface area contributed by atoms with E-state index in [-0.39, 0.29) is 133 Å². The summed E-state index contributed by atoms with van der Waals surface area (Å²) in [6.07, 6.45) is 1.63. The van der Waals surface area contributed by atoms with Crippen LogP contribution in [0.1, 0.15) is 81.8 Å². The molecule has 32 nitrogen and oxygen atoms in total. The highest BCUT2D eigenvalue weighted by molar-refractivity contribution is 6.25. The number of benzene rings is 8. The van der Waals surface area contributed by atoms with Gasteiger partial charge in [-0.05, 0) is 146 Å². The molecule has 0 radical (unpaired) electrons. The fourth-order valence-corrected chi connectivity index (χ4v) is 12.6. The summed E-state index contributed by atoms with van der Waals surface area (Å²) < 4.78 is 0. The van der Waals surface area contributed by atoms with Crippen molar-refractivity contribution < 1.29 is 47.9 Å². The Morgan fingerprint density at radius 1 is 0.288 bits per heavy atom. The first-order valence-corrected chi connectivity index (χ1v) is 34.4. The summed E-state index contributed by atoms with van der Waals surface area (Å²) in [5.41, 5.74) is 29.3. The van der Waals surface area contributed by atoms with Gasteiger partial charge in [0.2, 0.25) is 59.1 Å². The number of primary amides is 1. The lowest BCUT2D eigenvalue weighted by molar-refractivity contribution is -0.133. The maximum absolute atomic E-state index is 14.2. The molecule has 10 amide bonds. The number of unbranched alkanes of at least 4 members (excludes halogenated alkanes) is 1. The minimum atomic E-state index is -1.35. The molecule has 550 valence electrons. The van der Waals surface area contributed by atoms with Crippen molar-refractivity contribution in [3.63, 3.8) is 0 Å². The van der Waals surface area contributed by atoms with Crippen LogP contribution in [0.5, 0.6) is 0 Å². The number of nitrogens with one attached hydrogen (secondary N) is 17. The Morgan fingerprint density at radius 2 is 0.606 bits per heavy atom. The molecule has 32 heteroatoms. The molecule has 0 fully saturated rings. The van der Waals surface area contributed by atoms with E-state index >= 15 is 0 Å². The van der Waals surface area contributed by atoms with Crippen molar-refractivity contribution in [2.75, 3.05) is 52.4 Å². The summed E-state index contributed by atoms with van der Waals surface area (Å²) in [6.45, 7) is -1.27. The van der Waals surface area contributed by atoms with Crippen LogP contribution in [0, 0.1) is 21.6 Å². The van der Waals surface area contributed by atoms with Crippen LogP contribution in [0.4, 0.5) is 0 Å². The van der Waals surface area contributed by atoms with Gasteiger partial charge in [0.15, 0.2) is 23.8 Å². The first-order chi connectivity index (χ1) is 49.9. The third-order valence-electron chi connectivity index (χ3n) is 17.7. The zero-order valence-electron chi connectivity index (χ0n) is 57.6. The smallest absolute Gasteiger partial charge is 0.243 e. The molecule has 0 aliphatic carbocycles. The number of carbonyl (C=O) groups is 10. The lowest BCUT2D eigenvalue weighted by Crippen LogP contribution is -2.57. The standard InChI is InChI=1S/C72H92N22O10/c73-64(100)50(13-1-2-30-82-55(95)35-46-24-22-44-20-18-40-9-3-11-42-26-28-48(46)62(44)60(40)42)92-68(104)54(17-8-34-86-72(80)81)94-67(103)53(16-7-33-85-71(78)79)91-59(99)39-88-57(97)37-87-58(98)38-89-65(101)51(14-5-31-83-69(74)75)93-66(102)52(15-6-32-84-70(76)77)90-56(96)36-47-25-23-45-21-19-41-10-4-12-43-27-29-49(47)63(45)61(41)43/h3-4,9-12,18-29,50-54H,1-2,5-8,13-17,30-39H2,(H2,73,100)(H,82,95)(H,87,98)(H,88,97)(H,89,101)(H,90,96)(H,91,99)(H,92,104)(H,93,102)(H,94,103)(H4,74,75,83)(H4,76,77,84)(H4,78,79,85)(H4,80,81,86)/t50-,51-,52-,53-,54-/m0/s1. The molecule has 0 spiro atoms. The summed E-state index contributed by atoms with van der Waals surface area (Å²) in [5.74, 6) is -8.61. The van der Waals surface area contributed by atoms with Gasteiger partial charge in [-0.2, -0.15) is 0 Å². The topological polar surface area (TPSA) is 553 Å². The van der Waals surface area contributed by atoms with E-state index in [1.165, 1.54) is 0 Å². The molecular formula is C72H92N22O10. The van der Waals surface area contributed by atoms with Crippen LogP contribution >= 0.6 is 0 Å². The second-order valence-electron chi connectivity index (χ2n) is 25.4. The highest BCUT2D eigenvalue weighted by atomic mass is 16.2. The molecule has 0 aromatic heterocycles. The molecule has 0 aliphatic heterocycles. The van der Waals surface area contributed by atoms with Crippen LogP contribution in [-0.2, 0) is 60.8 Å². The summed E-state index contributed by atoms with van der Waals surface area (Å²) in [7, 11) is 0. The van der Waals surface area contributed by atoms with Crippen molar-refractivity contribution in [2.45, 2.75) is 114 Å². The van der Waals surface area contributed by atoms with Gasteiger partial charge < -0.3 is 97.8 Å². The summed E-state index contributed by atoms with van der Waals surface area (Å²) in [5, 5.41) is 76.7. The normalized spacial score (nSPS) is 12.6. The number of amides is 10. The van der Waals surface area contributed by atoms with Gasteiger partial charge in [0, 0.05) is 32.7 Å². The van der Waals surface area contributed by atoms with E-state index < -0.39 is 103 Å². The van der Waals surface area contributed by atoms with Crippen LogP contribution < -0.4 is 97.8 Å². The molecule has 8 aromatic carbocycles. The van der Waals surface area contributed by atoms with Gasteiger partial charge in [0.05, 0.1) is 32.5 Å². The Kier molecular flexibility index (Phi) is 28.2. The fourth-order valence-electron chi connectivity index (χ4n) is 12.6. The van der Waals surface area contributed by atoms with Gasteiger partial charge in [0.25, 0.3) is 0 Å². The lowest BCUT2D eigenvalue weighted by atomic mass is 9.91. The third kappa shape index (κ3) is 22.6. The number of hydrogen-bond acceptors (Lipinski definition) is 14. The number of nitrogens with two attached hydrogens (primary N) is 5. The molecule has 0 unspecified atom stereocenters. The summed E-state index contributed by atoms with van der Waals surface area (Å²) >= 11 is 0. The van der Waals surface area contributed by atoms with Crippen molar-refractivity contribution in [2.24, 2.45) is 28.7 Å². The lowest BCUT2D eigenvalue weighted by Gasteiger charge is -2.25. The minimum Gasteiger partial charge on any atom is -0.370 e. The van der Waals surface area contributed by atoms with Gasteiger partial charge in [-0.15, -0.1) is 0 Å². The van der Waals surface area contributed by atoms with E-state index in [2.05, 4.69) is 99.5 Å². The third-order valence-corrected chi connectivity index (χ3v) is 17.7.